The number of carbonyl (C=O) groups is 12. The first-order valence-electron chi connectivity index (χ1n) is 35.1. The van der Waals surface area contributed by atoms with Gasteiger partial charge in [0.15, 0.2) is 6.10 Å². The molecule has 11 amide bonds. The number of likely N-dealkylation sites (tertiary alicyclic amines) is 1. The van der Waals surface area contributed by atoms with Gasteiger partial charge < -0.3 is 96.7 Å². The minimum atomic E-state index is -2.08. The van der Waals surface area contributed by atoms with Gasteiger partial charge in [0.25, 0.3) is 11.8 Å². The van der Waals surface area contributed by atoms with Crippen LogP contribution in [0.3, 0.4) is 0 Å². The van der Waals surface area contributed by atoms with E-state index in [0.717, 1.165) is 17.1 Å². The highest BCUT2D eigenvalue weighted by Crippen LogP contribution is 2.34. The minimum Gasteiger partial charge on any atom is -0.479 e. The first-order chi connectivity index (χ1) is 49.1. The molecule has 0 radical (unpaired) electrons. The molecule has 0 aliphatic carbocycles. The van der Waals surface area contributed by atoms with Crippen molar-refractivity contribution < 1.29 is 107 Å². The van der Waals surface area contributed by atoms with E-state index in [9.17, 15) is 83.1 Å². The number of anilines is 1. The van der Waals surface area contributed by atoms with Crippen molar-refractivity contribution in [1.82, 2.24) is 46.2 Å². The summed E-state index contributed by atoms with van der Waals surface area (Å²) in [5.41, 5.74) is 6.40. The molecular weight excluding hydrogens is 1360 g/mol. The van der Waals surface area contributed by atoms with Gasteiger partial charge in [-0.3, -0.25) is 57.7 Å². The van der Waals surface area contributed by atoms with Gasteiger partial charge in [0, 0.05) is 80.0 Å². The highest BCUT2D eigenvalue weighted by molar-refractivity contribution is 6.15. The van der Waals surface area contributed by atoms with Crippen LogP contribution in [-0.2, 0) is 78.3 Å². The number of likely N-dealkylation sites (N-methyl/N-ethyl adjacent to an activating group) is 2. The zero-order valence-electron chi connectivity index (χ0n) is 61.5. The van der Waals surface area contributed by atoms with Gasteiger partial charge >= 0.3 is 12.1 Å². The Morgan fingerprint density at radius 2 is 1.43 bits per heavy atom. The molecule has 33 nitrogen and oxygen atoms in total. The number of aliphatic hydroxyl groups is 4. The number of imide groups is 1. The van der Waals surface area contributed by atoms with E-state index >= 15 is 0 Å². The maximum absolute atomic E-state index is 14.9. The quantitative estimate of drug-likeness (QED) is 0.0317. The van der Waals surface area contributed by atoms with Crippen LogP contribution >= 0.6 is 0 Å². The summed E-state index contributed by atoms with van der Waals surface area (Å²) in [6.07, 6.45) is -10.1. The van der Waals surface area contributed by atoms with Gasteiger partial charge in [-0.25, -0.2) is 9.59 Å². The fourth-order valence-corrected chi connectivity index (χ4v) is 13.0. The molecular formula is C71H107N11O22. The van der Waals surface area contributed by atoms with Gasteiger partial charge in [0.2, 0.25) is 53.5 Å². The molecule has 2 aromatic rings. The first kappa shape index (κ1) is 85.9. The number of hydrogen-bond donors (Lipinski definition) is 12. The Morgan fingerprint density at radius 3 is 2.02 bits per heavy atom. The highest BCUT2D eigenvalue weighted by atomic mass is 16.7. The summed E-state index contributed by atoms with van der Waals surface area (Å²) in [5.74, 6) is -10.3. The molecule has 3 aliphatic heterocycles. The lowest BCUT2D eigenvalue weighted by Crippen LogP contribution is -2.61. The predicted octanol–water partition coefficient (Wildman–Crippen LogP) is 0.338. The molecule has 0 aromatic heterocycles. The second-order valence-electron chi connectivity index (χ2n) is 27.3. The first-order valence-corrected chi connectivity index (χ1v) is 35.1. The van der Waals surface area contributed by atoms with Crippen LogP contribution in [-0.4, -0.2) is 256 Å². The Kier molecular flexibility index (Phi) is 33.5. The van der Waals surface area contributed by atoms with E-state index in [1.54, 1.807) is 77.8 Å². The number of nitrogens with one attached hydrogen (secondary N) is 6. The van der Waals surface area contributed by atoms with Gasteiger partial charge in [-0.2, -0.15) is 0 Å². The molecule has 2 fully saturated rings. The third-order valence-corrected chi connectivity index (χ3v) is 19.1. The second-order valence-corrected chi connectivity index (χ2v) is 27.3. The van der Waals surface area contributed by atoms with E-state index in [2.05, 4.69) is 31.9 Å². The van der Waals surface area contributed by atoms with Crippen LogP contribution in [0.5, 0.6) is 5.75 Å². The minimum absolute atomic E-state index is 0.00133. The molecule has 578 valence electrons. The Hall–Kier alpha value is -8.70. The lowest BCUT2D eigenvalue weighted by molar-refractivity contribution is -0.271. The van der Waals surface area contributed by atoms with Crippen LogP contribution < -0.4 is 42.4 Å². The van der Waals surface area contributed by atoms with Crippen molar-refractivity contribution in [3.63, 3.8) is 0 Å². The summed E-state index contributed by atoms with van der Waals surface area (Å²) < 4.78 is 28.9. The van der Waals surface area contributed by atoms with Crippen molar-refractivity contribution in [2.45, 2.75) is 212 Å². The number of benzene rings is 2. The average molecular weight is 1470 g/mol. The number of carboxylic acids is 1. The van der Waals surface area contributed by atoms with Crippen molar-refractivity contribution in [1.29, 1.82) is 0 Å². The molecule has 5 rings (SSSR count). The standard InChI is InChI=1S/C71H107N11O22/c1-14-39(6)57(50(100-12)34-54(87)81-32-20-24-47(81)62(101-13)40(7)64(92)75-41(8)58(88)44-21-16-15-17-22-44)79(10)68(96)55(37(2)3)78-67(95)56(38(4)5)80(11)71(99)102-36-43-25-26-49(103-70-61(91)59(89)60(90)63(104-70)69(97)98)46(33-43)76-51(84)29-31-74-65(93)45(23-18-19-30-73-42(9)83)77-66(94)48(35-72)82-52(85)27-28-53(82)86/h15-17,21-22,25-28,33,37-41,45,47-48,50,55-63,70,88-91H,14,18-20,23-24,29-32,34-36,72H2,1-13H3,(H,73,83)(H,74,93)(H,75,92)(H,76,84)(H,77,94)(H,78,95)(H,97,98)/t39-,40+,41+,45-,47-,48+,50+,55-,56-,57-,58+,59-,60-,61+,62+,63-,70+/m0/s1. The third kappa shape index (κ3) is 22.9. The van der Waals surface area contributed by atoms with Crippen molar-refractivity contribution in [3.8, 4) is 5.75 Å². The van der Waals surface area contributed by atoms with Crippen LogP contribution in [0.25, 0.3) is 0 Å². The van der Waals surface area contributed by atoms with Crippen LogP contribution in [0.4, 0.5) is 10.5 Å². The summed E-state index contributed by atoms with van der Waals surface area (Å²) in [5, 5.41) is 68.6. The molecule has 2 aromatic carbocycles. The van der Waals surface area contributed by atoms with E-state index in [1.807, 2.05) is 19.9 Å². The smallest absolute Gasteiger partial charge is 0.410 e. The van der Waals surface area contributed by atoms with Crippen LogP contribution in [0.2, 0.25) is 0 Å². The lowest BCUT2D eigenvalue weighted by atomic mass is 9.89. The topological polar surface area (TPSA) is 463 Å². The monoisotopic (exact) mass is 1470 g/mol. The maximum Gasteiger partial charge on any atom is 0.410 e. The summed E-state index contributed by atoms with van der Waals surface area (Å²) in [7, 11) is 5.85. The fraction of sp³-hybridized carbons (Fsp3) is 0.634. The van der Waals surface area contributed by atoms with Gasteiger partial charge in [0.05, 0.1) is 54.5 Å². The number of hydrogen-bond acceptors (Lipinski definition) is 22. The molecule has 3 heterocycles. The van der Waals surface area contributed by atoms with Crippen molar-refractivity contribution >= 4 is 76.8 Å². The summed E-state index contributed by atoms with van der Waals surface area (Å²) >= 11 is 0. The fourth-order valence-electron chi connectivity index (χ4n) is 13.0. The van der Waals surface area contributed by atoms with E-state index < -0.39 is 182 Å². The molecule has 2 saturated heterocycles. The number of carboxylic acid groups (broad SMARTS) is 1. The van der Waals surface area contributed by atoms with Crippen molar-refractivity contribution in [3.05, 3.63) is 71.8 Å². The number of ether oxygens (including phenoxy) is 5. The lowest BCUT2D eigenvalue weighted by Gasteiger charge is -2.41. The number of rotatable bonds is 39. The largest absolute Gasteiger partial charge is 0.479 e. The number of methoxy groups -OCH3 is 2. The van der Waals surface area contributed by atoms with E-state index in [0.29, 0.717) is 42.7 Å². The van der Waals surface area contributed by atoms with Crippen LogP contribution in [0.1, 0.15) is 131 Å². The van der Waals surface area contributed by atoms with Gasteiger partial charge in [0.1, 0.15) is 54.8 Å². The number of amides is 11. The molecule has 3 aliphatic rings. The number of carbonyl (C=O) groups excluding carboxylic acids is 11. The SMILES string of the molecule is CC[C@H](C)[C@@H]([C@@H](CC(=O)N1CCC[C@H]1[C@H](OC)[C@@H](C)C(=O)N[C@H](C)[C@@H](O)c1ccccc1)OC)N(C)C(=O)[C@@H](NC(=O)[C@H](C(C)C)N(C)C(=O)OCc1ccc(O[C@@H]2O[C@H](C(=O)O)[C@@H](O)[C@H](O)[C@H]2O)c(NC(=O)CCNC(=O)[C@H](CCCCNC(C)=O)NC(=O)[C@@H](CN)N2C(=O)C=CC2=O)c1)C(C)C. The normalized spacial score (nSPS) is 21.2. The predicted molar refractivity (Wildman–Crippen MR) is 374 cm³/mol. The molecule has 0 bridgehead atoms. The molecule has 0 unspecified atom stereocenters. The molecule has 17 atom stereocenters. The summed E-state index contributed by atoms with van der Waals surface area (Å²) in [6.45, 7) is 14.7. The Labute approximate surface area is 605 Å². The van der Waals surface area contributed by atoms with Crippen LogP contribution in [0, 0.1) is 23.7 Å². The number of aliphatic hydroxyl groups excluding tert-OH is 4. The molecule has 104 heavy (non-hydrogen) atoms. The number of nitrogens with two attached hydrogens (primary N) is 1. The Bertz CT molecular complexity index is 3310. The number of unbranched alkanes of at least 4 members (excludes halogenated alkanes) is 1. The van der Waals surface area contributed by atoms with Gasteiger partial charge in [-0.05, 0) is 80.0 Å². The molecule has 13 N–H and O–H groups in total. The third-order valence-electron chi connectivity index (χ3n) is 19.1. The second kappa shape index (κ2) is 40.5. The van der Waals surface area contributed by atoms with E-state index in [1.165, 1.54) is 51.3 Å². The Balaban J connectivity index is 1.30. The van der Waals surface area contributed by atoms with E-state index in [4.69, 9.17) is 29.4 Å². The zero-order valence-corrected chi connectivity index (χ0v) is 61.5. The highest BCUT2D eigenvalue weighted by Gasteiger charge is 2.49. The maximum atomic E-state index is 14.9. The average Bonchev–Trinajstić information content (AvgIpc) is 1.59. The Morgan fingerprint density at radius 1 is 0.769 bits per heavy atom. The zero-order chi connectivity index (χ0) is 77.6. The summed E-state index contributed by atoms with van der Waals surface area (Å²) in [4.78, 5) is 166. The van der Waals surface area contributed by atoms with E-state index in [-0.39, 0.29) is 73.0 Å². The van der Waals surface area contributed by atoms with Gasteiger partial charge in [-0.1, -0.05) is 91.3 Å². The van der Waals surface area contributed by atoms with Crippen molar-refractivity contribution in [2.75, 3.05) is 59.8 Å². The molecule has 0 saturated carbocycles. The number of nitrogens with zero attached hydrogens (tertiary/aromatic N) is 4. The van der Waals surface area contributed by atoms with Crippen LogP contribution in [0.15, 0.2) is 60.7 Å². The molecule has 33 heteroatoms. The summed E-state index contributed by atoms with van der Waals surface area (Å²) in [6, 6.07) is 5.79. The number of aliphatic carboxylic acids is 1. The molecule has 0 spiro atoms. The van der Waals surface area contributed by atoms with Gasteiger partial charge in [-0.15, -0.1) is 0 Å². The van der Waals surface area contributed by atoms with Crippen molar-refractivity contribution in [2.24, 2.45) is 29.4 Å².